The fraction of sp³-hybridized carbons (Fsp3) is 0.444. The topological polar surface area (TPSA) is 61.4 Å². The minimum Gasteiger partial charge on any atom is -0.353 e. The van der Waals surface area contributed by atoms with E-state index in [9.17, 15) is 4.79 Å². The van der Waals surface area contributed by atoms with Crippen LogP contribution in [-0.2, 0) is 6.54 Å². The lowest BCUT2D eigenvalue weighted by atomic mass is 10.3. The molecule has 86 valence electrons. The summed E-state index contributed by atoms with van der Waals surface area (Å²) in [5, 5.41) is 0.128. The summed E-state index contributed by atoms with van der Waals surface area (Å²) >= 11 is 11.3. The van der Waals surface area contributed by atoms with Crippen molar-refractivity contribution in [3.8, 4) is 0 Å². The minimum atomic E-state index is -0.324. The molecule has 5 nitrogen and oxygen atoms in total. The molecule has 2 rings (SSSR count). The standard InChI is InChI=1S/C9H10Cl2N4O/c10-8-6(12-5-13-9(8)16)4-15-3-1-2-7(15)14-11/h5H,1-4H2,(H,12,13,16)/b14-7+. The highest BCUT2D eigenvalue weighted by Gasteiger charge is 2.20. The summed E-state index contributed by atoms with van der Waals surface area (Å²) in [6, 6.07) is 0. The van der Waals surface area contributed by atoms with Gasteiger partial charge in [-0.2, -0.15) is 4.51 Å². The maximum absolute atomic E-state index is 11.3. The van der Waals surface area contributed by atoms with E-state index in [0.717, 1.165) is 25.2 Å². The van der Waals surface area contributed by atoms with Crippen LogP contribution in [0.2, 0.25) is 5.02 Å². The lowest BCUT2D eigenvalue weighted by Crippen LogP contribution is -2.26. The van der Waals surface area contributed by atoms with Crippen molar-refractivity contribution in [3.05, 3.63) is 27.4 Å². The van der Waals surface area contributed by atoms with Gasteiger partial charge in [-0.3, -0.25) is 4.79 Å². The molecule has 0 aromatic carbocycles. The summed E-state index contributed by atoms with van der Waals surface area (Å²) in [6.45, 7) is 1.32. The summed E-state index contributed by atoms with van der Waals surface area (Å²) in [5.74, 6) is 0.819. The van der Waals surface area contributed by atoms with E-state index in [0.29, 0.717) is 12.2 Å². The van der Waals surface area contributed by atoms with E-state index in [1.807, 2.05) is 4.90 Å². The highest BCUT2D eigenvalue weighted by molar-refractivity contribution is 6.31. The zero-order valence-corrected chi connectivity index (χ0v) is 9.92. The molecule has 1 fully saturated rings. The van der Waals surface area contributed by atoms with Crippen LogP contribution in [0.15, 0.2) is 15.6 Å². The van der Waals surface area contributed by atoms with E-state index in [2.05, 4.69) is 14.5 Å². The van der Waals surface area contributed by atoms with Gasteiger partial charge in [-0.1, -0.05) is 11.6 Å². The molecule has 1 aliphatic rings. The van der Waals surface area contributed by atoms with Crippen molar-refractivity contribution < 1.29 is 0 Å². The molecule has 1 N–H and O–H groups in total. The molecular weight excluding hydrogens is 251 g/mol. The molecule has 2 heterocycles. The summed E-state index contributed by atoms with van der Waals surface area (Å²) in [4.78, 5) is 19.7. The predicted octanol–water partition coefficient (Wildman–Crippen LogP) is 1.57. The van der Waals surface area contributed by atoms with Crippen molar-refractivity contribution in [2.45, 2.75) is 19.4 Å². The maximum Gasteiger partial charge on any atom is 0.269 e. The van der Waals surface area contributed by atoms with E-state index in [1.165, 1.54) is 6.33 Å². The second-order valence-corrected chi connectivity index (χ2v) is 4.07. The predicted molar refractivity (Wildman–Crippen MR) is 62.8 cm³/mol. The first-order valence-electron chi connectivity index (χ1n) is 4.87. The monoisotopic (exact) mass is 260 g/mol. The lowest BCUT2D eigenvalue weighted by Gasteiger charge is -2.17. The zero-order chi connectivity index (χ0) is 11.5. The first-order valence-corrected chi connectivity index (χ1v) is 5.59. The Kier molecular flexibility index (Phi) is 3.46. The van der Waals surface area contributed by atoms with Crippen LogP contribution in [0.3, 0.4) is 0 Å². The van der Waals surface area contributed by atoms with Crippen molar-refractivity contribution in [3.63, 3.8) is 0 Å². The van der Waals surface area contributed by atoms with Gasteiger partial charge in [0.15, 0.2) is 0 Å². The van der Waals surface area contributed by atoms with Gasteiger partial charge in [0.05, 0.1) is 18.6 Å². The van der Waals surface area contributed by atoms with Gasteiger partial charge in [-0.25, -0.2) is 4.98 Å². The lowest BCUT2D eigenvalue weighted by molar-refractivity contribution is 0.442. The first-order chi connectivity index (χ1) is 7.72. The van der Waals surface area contributed by atoms with Crippen molar-refractivity contribution in [2.75, 3.05) is 6.54 Å². The van der Waals surface area contributed by atoms with Gasteiger partial charge in [0, 0.05) is 24.7 Å². The Morgan fingerprint density at radius 1 is 1.62 bits per heavy atom. The van der Waals surface area contributed by atoms with E-state index in [-0.39, 0.29) is 10.6 Å². The number of halogens is 2. The van der Waals surface area contributed by atoms with Crippen LogP contribution in [0.25, 0.3) is 0 Å². The number of aromatic nitrogens is 2. The minimum absolute atomic E-state index is 0.128. The molecule has 1 aliphatic heterocycles. The molecule has 1 saturated heterocycles. The van der Waals surface area contributed by atoms with Gasteiger partial charge in [0.25, 0.3) is 5.56 Å². The average Bonchev–Trinajstić information content (AvgIpc) is 2.72. The van der Waals surface area contributed by atoms with Crippen LogP contribution in [0.1, 0.15) is 18.5 Å². The number of amidine groups is 1. The van der Waals surface area contributed by atoms with Gasteiger partial charge < -0.3 is 9.88 Å². The fourth-order valence-corrected chi connectivity index (χ4v) is 2.05. The number of nitrogens with one attached hydrogen (secondary N) is 1. The first kappa shape index (κ1) is 11.4. The highest BCUT2D eigenvalue weighted by atomic mass is 35.5. The van der Waals surface area contributed by atoms with Gasteiger partial charge in [-0.05, 0) is 6.42 Å². The van der Waals surface area contributed by atoms with E-state index < -0.39 is 0 Å². The second-order valence-electron chi connectivity index (χ2n) is 3.52. The third-order valence-electron chi connectivity index (χ3n) is 2.50. The van der Waals surface area contributed by atoms with Gasteiger partial charge in [-0.15, -0.1) is 0 Å². The van der Waals surface area contributed by atoms with Crippen LogP contribution in [0.5, 0.6) is 0 Å². The molecule has 16 heavy (non-hydrogen) atoms. The molecule has 1 aromatic heterocycles. The molecule has 0 bridgehead atoms. The Morgan fingerprint density at radius 3 is 3.19 bits per heavy atom. The molecule has 0 unspecified atom stereocenters. The SMILES string of the molecule is O=c1[nH]cnc(CN2CCC/C2=N\Cl)c1Cl. The number of nitrogens with zero attached hydrogens (tertiary/aromatic N) is 3. The molecule has 0 radical (unpaired) electrons. The van der Waals surface area contributed by atoms with Crippen molar-refractivity contribution in [1.29, 1.82) is 0 Å². The third kappa shape index (κ3) is 2.20. The number of hydrogen-bond donors (Lipinski definition) is 1. The average molecular weight is 261 g/mol. The number of rotatable bonds is 2. The molecule has 7 heteroatoms. The number of hydrogen-bond acceptors (Lipinski definition) is 3. The largest absolute Gasteiger partial charge is 0.353 e. The van der Waals surface area contributed by atoms with Gasteiger partial charge >= 0.3 is 0 Å². The third-order valence-corrected chi connectivity index (χ3v) is 3.09. The molecule has 0 amide bonds. The summed E-state index contributed by atoms with van der Waals surface area (Å²) in [6.07, 6.45) is 3.20. The van der Waals surface area contributed by atoms with E-state index in [1.54, 1.807) is 0 Å². The van der Waals surface area contributed by atoms with Crippen molar-refractivity contribution in [1.82, 2.24) is 14.9 Å². The van der Waals surface area contributed by atoms with Crippen LogP contribution in [0, 0.1) is 0 Å². The molecule has 0 saturated carbocycles. The van der Waals surface area contributed by atoms with Crippen molar-refractivity contribution in [2.24, 2.45) is 4.51 Å². The normalized spacial score (nSPS) is 18.4. The van der Waals surface area contributed by atoms with Gasteiger partial charge in [0.2, 0.25) is 0 Å². The Hall–Kier alpha value is -1.07. The van der Waals surface area contributed by atoms with Crippen LogP contribution >= 0.6 is 23.4 Å². The Balaban J connectivity index is 2.21. The quantitative estimate of drug-likeness (QED) is 0.878. The number of aromatic amines is 1. The van der Waals surface area contributed by atoms with Crippen LogP contribution < -0.4 is 5.56 Å². The second kappa shape index (κ2) is 4.84. The Bertz CT molecular complexity index is 471. The highest BCUT2D eigenvalue weighted by Crippen LogP contribution is 2.17. The maximum atomic E-state index is 11.3. The number of H-pyrrole nitrogens is 1. The summed E-state index contributed by atoms with van der Waals surface area (Å²) in [5.41, 5.74) is 0.223. The molecule has 1 aromatic rings. The molecule has 0 spiro atoms. The Morgan fingerprint density at radius 2 is 2.44 bits per heavy atom. The van der Waals surface area contributed by atoms with Gasteiger partial charge in [0.1, 0.15) is 10.9 Å². The fourth-order valence-electron chi connectivity index (χ4n) is 1.69. The molecule has 0 aliphatic carbocycles. The van der Waals surface area contributed by atoms with Crippen LogP contribution in [0.4, 0.5) is 0 Å². The molecular formula is C9H10Cl2N4O. The Labute approximate surface area is 102 Å². The summed E-state index contributed by atoms with van der Waals surface area (Å²) < 4.78 is 3.68. The molecule has 0 atom stereocenters. The smallest absolute Gasteiger partial charge is 0.269 e. The number of likely N-dealkylation sites (tertiary alicyclic amines) is 1. The zero-order valence-electron chi connectivity index (χ0n) is 8.41. The van der Waals surface area contributed by atoms with E-state index >= 15 is 0 Å². The summed E-state index contributed by atoms with van der Waals surface area (Å²) in [7, 11) is 0. The van der Waals surface area contributed by atoms with Crippen LogP contribution in [-0.4, -0.2) is 27.2 Å². The van der Waals surface area contributed by atoms with E-state index in [4.69, 9.17) is 23.4 Å². The van der Waals surface area contributed by atoms with Crippen molar-refractivity contribution >= 4 is 29.2 Å².